The van der Waals surface area contributed by atoms with Crippen LogP contribution < -0.4 is 20.9 Å². The molecule has 61 heavy (non-hydrogen) atoms. The quantitative estimate of drug-likeness (QED) is 0.144. The zero-order valence-electron chi connectivity index (χ0n) is 32.8. The van der Waals surface area contributed by atoms with E-state index < -0.39 is 0 Å². The summed E-state index contributed by atoms with van der Waals surface area (Å²) in [5, 5.41) is 41.6. The first-order valence-corrected chi connectivity index (χ1v) is 19.8. The number of para-hydroxylation sites is 6. The van der Waals surface area contributed by atoms with Crippen LogP contribution >= 0.6 is 15.9 Å². The van der Waals surface area contributed by atoms with E-state index in [2.05, 4.69) is 45.5 Å². The zero-order valence-corrected chi connectivity index (χ0v) is 34.4. The number of nitriles is 4. The summed E-state index contributed by atoms with van der Waals surface area (Å²) in [6.07, 6.45) is 0. The molecule has 0 saturated carbocycles. The van der Waals surface area contributed by atoms with Gasteiger partial charge in [-0.15, -0.1) is 0 Å². The fourth-order valence-corrected chi connectivity index (χ4v) is 6.69. The van der Waals surface area contributed by atoms with Gasteiger partial charge in [0, 0.05) is 38.6 Å². The molecule has 9 heteroatoms. The molecule has 8 aromatic rings. The van der Waals surface area contributed by atoms with E-state index in [1.54, 1.807) is 12.1 Å². The van der Waals surface area contributed by atoms with Crippen LogP contribution in [-0.2, 0) is 0 Å². The van der Waals surface area contributed by atoms with Gasteiger partial charge in [0.25, 0.3) is 0 Å². The predicted octanol–water partition coefficient (Wildman–Crippen LogP) is 13.6. The van der Waals surface area contributed by atoms with Crippen LogP contribution in [0.25, 0.3) is 0 Å². The minimum atomic E-state index is 0.417. The van der Waals surface area contributed by atoms with Crippen LogP contribution in [0, 0.1) is 45.3 Å². The average molecular weight is 854 g/mol. The fraction of sp³-hybridized carbons (Fsp3) is 0. The topological polar surface area (TPSA) is 140 Å². The second-order valence-electron chi connectivity index (χ2n) is 13.1. The van der Waals surface area contributed by atoms with Crippen molar-refractivity contribution in [2.45, 2.75) is 0 Å². The molecule has 0 aliphatic rings. The second-order valence-corrected chi connectivity index (χ2v) is 14.0. The third-order valence-corrected chi connectivity index (χ3v) is 9.75. The predicted molar refractivity (Wildman–Crippen MR) is 249 cm³/mol. The number of nitrogens with zero attached hydrogens (tertiary/aromatic N) is 6. The van der Waals surface area contributed by atoms with Gasteiger partial charge in [-0.2, -0.15) is 21.0 Å². The molecule has 0 heterocycles. The van der Waals surface area contributed by atoms with E-state index in [-0.39, 0.29) is 0 Å². The molecule has 8 aromatic carbocycles. The van der Waals surface area contributed by atoms with Crippen LogP contribution in [0.5, 0.6) is 0 Å². The highest BCUT2D eigenvalue weighted by atomic mass is 79.9. The molecule has 0 amide bonds. The van der Waals surface area contributed by atoms with Crippen molar-refractivity contribution in [2.75, 3.05) is 20.9 Å². The van der Waals surface area contributed by atoms with Gasteiger partial charge in [0.1, 0.15) is 24.3 Å². The Morgan fingerprint density at radius 2 is 0.721 bits per heavy atom. The monoisotopic (exact) mass is 852 g/mol. The largest absolute Gasteiger partial charge is 0.399 e. The second kappa shape index (κ2) is 21.2. The van der Waals surface area contributed by atoms with Gasteiger partial charge in [0.05, 0.1) is 39.3 Å². The maximum atomic E-state index is 9.86. The van der Waals surface area contributed by atoms with Gasteiger partial charge in [-0.3, -0.25) is 0 Å². The Labute approximate surface area is 364 Å². The van der Waals surface area contributed by atoms with Gasteiger partial charge in [-0.05, 0) is 113 Å². The van der Waals surface area contributed by atoms with E-state index in [1.807, 2.05) is 204 Å². The molecule has 0 atom stereocenters. The Kier molecular flexibility index (Phi) is 14.6. The first kappa shape index (κ1) is 42.0. The Morgan fingerprint density at radius 3 is 1.07 bits per heavy atom. The van der Waals surface area contributed by atoms with Crippen LogP contribution in [0.2, 0.25) is 0 Å². The van der Waals surface area contributed by atoms with Gasteiger partial charge in [0.15, 0.2) is 0 Å². The van der Waals surface area contributed by atoms with E-state index in [9.17, 15) is 21.0 Å². The molecule has 292 valence electrons. The highest BCUT2D eigenvalue weighted by molar-refractivity contribution is 9.10. The summed E-state index contributed by atoms with van der Waals surface area (Å²) in [5.41, 5.74) is 14.6. The van der Waals surface area contributed by atoms with E-state index in [0.717, 1.165) is 39.8 Å². The molecule has 0 aliphatic carbocycles. The molecule has 0 unspecified atom stereocenters. The van der Waals surface area contributed by atoms with Gasteiger partial charge in [-0.1, -0.05) is 109 Å². The van der Waals surface area contributed by atoms with Crippen molar-refractivity contribution in [2.24, 2.45) is 0 Å². The number of nitrogens with two attached hydrogens (primary N) is 1. The lowest BCUT2D eigenvalue weighted by Crippen LogP contribution is -2.12. The summed E-state index contributed by atoms with van der Waals surface area (Å²) in [4.78, 5) is 4.03. The smallest absolute Gasteiger partial charge is 0.101 e. The number of anilines is 9. The van der Waals surface area contributed by atoms with Crippen LogP contribution in [0.3, 0.4) is 0 Å². The maximum Gasteiger partial charge on any atom is 0.101 e. The zero-order chi connectivity index (χ0) is 42.8. The lowest BCUT2D eigenvalue weighted by molar-refractivity contribution is 1.26. The number of hydrogen-bond acceptors (Lipinski definition) is 8. The normalized spacial score (nSPS) is 9.72. The highest BCUT2D eigenvalue weighted by Gasteiger charge is 2.20. The van der Waals surface area contributed by atoms with Crippen molar-refractivity contribution in [1.29, 1.82) is 21.0 Å². The Bertz CT molecular complexity index is 2750. The van der Waals surface area contributed by atoms with Crippen LogP contribution in [-0.4, -0.2) is 0 Å². The molecule has 0 fully saturated rings. The first-order chi connectivity index (χ1) is 29.9. The Balaban J connectivity index is 0.000000179. The van der Waals surface area contributed by atoms with Gasteiger partial charge >= 0.3 is 0 Å². The van der Waals surface area contributed by atoms with Crippen molar-refractivity contribution in [3.63, 3.8) is 0 Å². The number of benzene rings is 8. The molecule has 3 N–H and O–H groups in total. The molecule has 8 rings (SSSR count). The van der Waals surface area contributed by atoms with Crippen molar-refractivity contribution < 1.29 is 0 Å². The maximum absolute atomic E-state index is 9.86. The molecule has 0 aliphatic heterocycles. The van der Waals surface area contributed by atoms with Crippen LogP contribution in [0.15, 0.2) is 211 Å². The number of nitrogen functional groups attached to an aromatic ring is 1. The molecular formula is C52H37BrN8. The van der Waals surface area contributed by atoms with Crippen molar-refractivity contribution in [3.05, 3.63) is 233 Å². The minimum Gasteiger partial charge on any atom is -0.399 e. The molecular weight excluding hydrogens is 817 g/mol. The van der Waals surface area contributed by atoms with Crippen molar-refractivity contribution in [1.82, 2.24) is 0 Å². The van der Waals surface area contributed by atoms with Crippen molar-refractivity contribution >= 4 is 67.1 Å². The van der Waals surface area contributed by atoms with Gasteiger partial charge < -0.3 is 20.9 Å². The molecule has 0 spiro atoms. The number of hydrogen-bond donors (Lipinski definition) is 2. The van der Waals surface area contributed by atoms with Gasteiger partial charge in [-0.25, -0.2) is 0 Å². The molecule has 0 aromatic heterocycles. The van der Waals surface area contributed by atoms with Gasteiger partial charge in [0.2, 0.25) is 0 Å². The standard InChI is InChI=1S/C26H18N4.C20H12BrN3.C6H7N/c27-18-20-16-21(19-28)26(17-25(20)29-22-10-4-1-5-11-22)30(23-12-6-2-7-13-23)24-14-8-3-9-15-24;21-19-12-20(16(14-23)11-15(19)13-22)24(17-7-3-1-4-8-17)18-9-5-2-6-10-18;7-6-4-2-1-3-5-6/h1-17,29H;1-12H;1-5H,7H2. The number of halogens is 1. The third-order valence-electron chi connectivity index (χ3n) is 9.09. The molecule has 0 bridgehead atoms. The summed E-state index contributed by atoms with van der Waals surface area (Å²) in [6, 6.07) is 74.3. The van der Waals surface area contributed by atoms with Crippen LogP contribution in [0.1, 0.15) is 22.3 Å². The lowest BCUT2D eigenvalue weighted by Gasteiger charge is -2.27. The first-order valence-electron chi connectivity index (χ1n) is 19.0. The SMILES string of the molecule is N#Cc1cc(C#N)c(N(c2ccccc2)c2ccccc2)cc1Br.N#Cc1cc(C#N)c(N(c2ccccc2)c2ccccc2)cc1Nc1ccccc1.Nc1ccccc1. The third kappa shape index (κ3) is 10.9. The summed E-state index contributed by atoms with van der Waals surface area (Å²) in [6.45, 7) is 0. The number of rotatable bonds is 8. The van der Waals surface area contributed by atoms with E-state index in [0.29, 0.717) is 38.1 Å². The molecule has 0 radical (unpaired) electrons. The highest BCUT2D eigenvalue weighted by Crippen LogP contribution is 2.40. The Hall–Kier alpha value is -8.60. The summed E-state index contributed by atoms with van der Waals surface area (Å²) < 4.78 is 0.663. The summed E-state index contributed by atoms with van der Waals surface area (Å²) in [5.74, 6) is 0. The summed E-state index contributed by atoms with van der Waals surface area (Å²) in [7, 11) is 0. The molecule has 0 saturated heterocycles. The number of nitrogens with one attached hydrogen (secondary N) is 1. The fourth-order valence-electron chi connectivity index (χ4n) is 6.27. The van der Waals surface area contributed by atoms with E-state index in [4.69, 9.17) is 5.73 Å². The Morgan fingerprint density at radius 1 is 0.393 bits per heavy atom. The van der Waals surface area contributed by atoms with E-state index >= 15 is 0 Å². The summed E-state index contributed by atoms with van der Waals surface area (Å²) >= 11 is 3.43. The van der Waals surface area contributed by atoms with Crippen LogP contribution in [0.4, 0.5) is 51.2 Å². The lowest BCUT2D eigenvalue weighted by atomic mass is 10.0. The average Bonchev–Trinajstić information content (AvgIpc) is 3.32. The van der Waals surface area contributed by atoms with E-state index in [1.165, 1.54) is 0 Å². The van der Waals surface area contributed by atoms with Crippen molar-refractivity contribution in [3.8, 4) is 24.3 Å². The minimum absolute atomic E-state index is 0.417. The molecule has 8 nitrogen and oxygen atoms in total.